The van der Waals surface area contributed by atoms with Crippen molar-refractivity contribution in [1.82, 2.24) is 20.3 Å². The number of nitrogens with one attached hydrogen (secondary N) is 1. The molecule has 0 spiro atoms. The van der Waals surface area contributed by atoms with Crippen LogP contribution in [-0.2, 0) is 22.6 Å². The molecule has 0 saturated carbocycles. The molecule has 0 bridgehead atoms. The van der Waals surface area contributed by atoms with E-state index in [4.69, 9.17) is 14.5 Å². The van der Waals surface area contributed by atoms with Crippen LogP contribution in [0.25, 0.3) is 32.4 Å². The lowest BCUT2D eigenvalue weighted by Gasteiger charge is -2.36. The van der Waals surface area contributed by atoms with Crippen LogP contribution in [0.2, 0.25) is 0 Å². The Morgan fingerprint density at radius 2 is 1.55 bits per heavy atom. The van der Waals surface area contributed by atoms with Gasteiger partial charge in [-0.25, -0.2) is 9.97 Å². The molecule has 1 fully saturated rings. The van der Waals surface area contributed by atoms with Gasteiger partial charge in [0.15, 0.2) is 10.6 Å². The van der Waals surface area contributed by atoms with Crippen molar-refractivity contribution >= 4 is 50.3 Å². The van der Waals surface area contributed by atoms with E-state index in [-0.39, 0.29) is 30.4 Å². The smallest absolute Gasteiger partial charge is 0.271 e. The average Bonchev–Trinajstić information content (AvgIpc) is 3.62. The summed E-state index contributed by atoms with van der Waals surface area (Å²) in [5.74, 6) is 0.481. The molecule has 1 amide bonds. The van der Waals surface area contributed by atoms with Crippen molar-refractivity contribution in [3.8, 4) is 11.1 Å². The number of carbonyl (C=O) groups excluding carboxylic acids is 1. The predicted octanol–water partition coefficient (Wildman–Crippen LogP) is 8.67. The van der Waals surface area contributed by atoms with Gasteiger partial charge in [0.05, 0.1) is 46.3 Å². The number of fused-ring (bicyclic) bond motifs is 2. The number of thioether (sulfide) groups is 1. The van der Waals surface area contributed by atoms with Crippen LogP contribution in [0.5, 0.6) is 0 Å². The second-order valence-corrected chi connectivity index (χ2v) is 14.7. The lowest BCUT2D eigenvalue weighted by molar-refractivity contribution is -0.245. The molecule has 51 heavy (non-hydrogen) atoms. The number of aliphatic hydroxyl groups is 1. The normalized spacial score (nSPS) is 17.5. The Labute approximate surface area is 303 Å². The van der Waals surface area contributed by atoms with Crippen molar-refractivity contribution in [3.05, 3.63) is 155 Å². The average molecular weight is 711 g/mol. The lowest BCUT2D eigenvalue weighted by Crippen LogP contribution is -2.31. The van der Waals surface area contributed by atoms with Gasteiger partial charge >= 0.3 is 0 Å². The summed E-state index contributed by atoms with van der Waals surface area (Å²) in [6, 6.07) is 40.0. The number of amides is 1. The highest BCUT2D eigenvalue weighted by Crippen LogP contribution is 2.40. The van der Waals surface area contributed by atoms with Crippen LogP contribution in [0.15, 0.2) is 132 Å². The van der Waals surface area contributed by atoms with Crippen molar-refractivity contribution in [2.75, 3.05) is 5.75 Å². The predicted molar refractivity (Wildman–Crippen MR) is 201 cm³/mol. The Hall–Kier alpha value is -4.97. The zero-order valence-corrected chi connectivity index (χ0v) is 29.1. The molecule has 3 heterocycles. The summed E-state index contributed by atoms with van der Waals surface area (Å²) in [6.45, 7) is 0.365. The van der Waals surface area contributed by atoms with Gasteiger partial charge in [-0.15, -0.1) is 11.3 Å². The maximum Gasteiger partial charge on any atom is 0.271 e. The summed E-state index contributed by atoms with van der Waals surface area (Å²) in [5.41, 5.74) is 8.66. The molecule has 0 unspecified atom stereocenters. The highest BCUT2D eigenvalue weighted by molar-refractivity contribution is 8.01. The molecule has 1 aliphatic rings. The van der Waals surface area contributed by atoms with E-state index >= 15 is 0 Å². The fourth-order valence-electron chi connectivity index (χ4n) is 6.13. The van der Waals surface area contributed by atoms with E-state index in [2.05, 4.69) is 57.7 Å². The number of thiazole rings is 1. The molecule has 3 atom stereocenters. The molecule has 0 aliphatic carbocycles. The monoisotopic (exact) mass is 710 g/mol. The highest BCUT2D eigenvalue weighted by atomic mass is 32.2. The summed E-state index contributed by atoms with van der Waals surface area (Å²) in [6.07, 6.45) is 1.45. The topological polar surface area (TPSA) is 106 Å². The first-order valence-corrected chi connectivity index (χ1v) is 18.6. The standard InChI is InChI=1S/C41H34N4O4S2/c46-24-26-12-14-29(15-13-26)37-21-32(25-50-41-45-35-10-3-4-11-38(35)51-41)48-40(49-37)30-18-16-28(17-19-30)31-7-5-6-27(20-31)22-43-39(47)36-23-42-33-8-1-2-9-34(33)44-36/h1-20,23,32,37,40,46H,21-22,24-25H2,(H,43,47)/t32-,37+,40+/m1/s1. The fraction of sp³-hybridized carbons (Fsp3) is 0.171. The van der Waals surface area contributed by atoms with Crippen molar-refractivity contribution in [3.63, 3.8) is 0 Å². The van der Waals surface area contributed by atoms with Gasteiger partial charge in [0.25, 0.3) is 5.91 Å². The molecular weight excluding hydrogens is 677 g/mol. The number of hydrogen-bond donors (Lipinski definition) is 2. The number of benzene rings is 5. The summed E-state index contributed by atoms with van der Waals surface area (Å²) in [5, 5.41) is 12.5. The zero-order chi connectivity index (χ0) is 34.6. The number of rotatable bonds is 10. The minimum absolute atomic E-state index is 0.00335. The van der Waals surface area contributed by atoms with E-state index < -0.39 is 6.29 Å². The summed E-state index contributed by atoms with van der Waals surface area (Å²) in [4.78, 5) is 26.5. The number of para-hydroxylation sites is 3. The Kier molecular flexibility index (Phi) is 9.83. The third-order valence-corrected chi connectivity index (χ3v) is 11.2. The molecule has 254 valence electrons. The molecule has 2 aromatic heterocycles. The van der Waals surface area contributed by atoms with E-state index in [9.17, 15) is 9.90 Å². The zero-order valence-electron chi connectivity index (χ0n) is 27.5. The minimum Gasteiger partial charge on any atom is -0.392 e. The SMILES string of the molecule is O=C(NCc1cccc(-c2ccc([C@H]3O[C@@H](CSc4nc5ccccc5s4)C[C@@H](c4ccc(CO)cc4)O3)cc2)c1)c1cnc2ccccc2n1. The number of nitrogens with zero attached hydrogens (tertiary/aromatic N) is 3. The Morgan fingerprint density at radius 3 is 2.35 bits per heavy atom. The van der Waals surface area contributed by atoms with Crippen LogP contribution in [-0.4, -0.2) is 37.8 Å². The van der Waals surface area contributed by atoms with Gasteiger partial charge < -0.3 is 19.9 Å². The molecule has 7 aromatic rings. The van der Waals surface area contributed by atoms with Crippen LogP contribution >= 0.6 is 23.1 Å². The van der Waals surface area contributed by atoms with Crippen molar-refractivity contribution < 1.29 is 19.4 Å². The van der Waals surface area contributed by atoms with E-state index in [0.29, 0.717) is 18.5 Å². The molecule has 1 aliphatic heterocycles. The Balaban J connectivity index is 0.957. The van der Waals surface area contributed by atoms with Gasteiger partial charge in [-0.3, -0.25) is 9.78 Å². The van der Waals surface area contributed by atoms with Crippen LogP contribution in [0.4, 0.5) is 0 Å². The maximum absolute atomic E-state index is 12.9. The number of carbonyl (C=O) groups is 1. The third-order valence-electron chi connectivity index (χ3n) is 8.86. The number of ether oxygens (including phenoxy) is 2. The second-order valence-electron chi connectivity index (χ2n) is 12.4. The van der Waals surface area contributed by atoms with Gasteiger partial charge in [-0.2, -0.15) is 0 Å². The molecule has 0 radical (unpaired) electrons. The van der Waals surface area contributed by atoms with E-state index in [1.807, 2.05) is 78.9 Å². The van der Waals surface area contributed by atoms with Gasteiger partial charge in [0.1, 0.15) is 5.69 Å². The first kappa shape index (κ1) is 33.2. The molecule has 10 heteroatoms. The van der Waals surface area contributed by atoms with Gasteiger partial charge in [0, 0.05) is 24.3 Å². The molecule has 8 rings (SSSR count). The van der Waals surface area contributed by atoms with Gasteiger partial charge in [-0.1, -0.05) is 103 Å². The summed E-state index contributed by atoms with van der Waals surface area (Å²) in [7, 11) is 0. The first-order chi connectivity index (χ1) is 25.1. The van der Waals surface area contributed by atoms with Crippen molar-refractivity contribution in [2.45, 2.75) is 42.4 Å². The first-order valence-electron chi connectivity index (χ1n) is 16.8. The number of aromatic nitrogens is 3. The van der Waals surface area contributed by atoms with Crippen molar-refractivity contribution in [2.24, 2.45) is 0 Å². The molecule has 8 nitrogen and oxygen atoms in total. The number of aliphatic hydroxyl groups excluding tert-OH is 1. The fourth-order valence-corrected chi connectivity index (χ4v) is 8.25. The minimum atomic E-state index is -0.545. The maximum atomic E-state index is 12.9. The van der Waals surface area contributed by atoms with Crippen LogP contribution in [0.3, 0.4) is 0 Å². The lowest BCUT2D eigenvalue weighted by atomic mass is 9.99. The second kappa shape index (κ2) is 15.1. The molecule has 2 N–H and O–H groups in total. The molecular formula is C41H34N4O4S2. The number of hydrogen-bond acceptors (Lipinski definition) is 9. The summed E-state index contributed by atoms with van der Waals surface area (Å²) < 4.78 is 15.4. The molecule has 1 saturated heterocycles. The van der Waals surface area contributed by atoms with Gasteiger partial charge in [0.2, 0.25) is 0 Å². The van der Waals surface area contributed by atoms with Crippen LogP contribution < -0.4 is 5.32 Å². The Morgan fingerprint density at radius 1 is 0.784 bits per heavy atom. The van der Waals surface area contributed by atoms with E-state index in [1.165, 1.54) is 10.9 Å². The Bertz CT molecular complexity index is 2260. The highest BCUT2D eigenvalue weighted by Gasteiger charge is 2.32. The van der Waals surface area contributed by atoms with E-state index in [0.717, 1.165) is 54.5 Å². The largest absolute Gasteiger partial charge is 0.392 e. The molecule has 5 aromatic carbocycles. The van der Waals surface area contributed by atoms with Crippen LogP contribution in [0, 0.1) is 0 Å². The van der Waals surface area contributed by atoms with Gasteiger partial charge in [-0.05, 0) is 58.1 Å². The van der Waals surface area contributed by atoms with Crippen molar-refractivity contribution in [1.29, 1.82) is 0 Å². The van der Waals surface area contributed by atoms with E-state index in [1.54, 1.807) is 23.1 Å². The quantitative estimate of drug-likeness (QED) is 0.136. The third kappa shape index (κ3) is 7.70. The van der Waals surface area contributed by atoms with Crippen LogP contribution in [0.1, 0.15) is 51.6 Å². The summed E-state index contributed by atoms with van der Waals surface area (Å²) >= 11 is 3.42.